The van der Waals surface area contributed by atoms with E-state index < -0.39 is 0 Å². The largest absolute Gasteiger partial charge is 0.464 e. The zero-order valence-corrected chi connectivity index (χ0v) is 15.9. The molecular weight excluding hydrogens is 416 g/mol. The average molecular weight is 430 g/mol. The molecule has 0 amide bonds. The lowest BCUT2D eigenvalue weighted by Gasteiger charge is -2.38. The maximum absolute atomic E-state index is 6.32. The lowest BCUT2D eigenvalue weighted by molar-refractivity contribution is -0.0190. The number of hydrogen-bond acceptors (Lipinski definition) is 4. The van der Waals surface area contributed by atoms with Gasteiger partial charge in [-0.2, -0.15) is 5.10 Å². The second-order valence-electron chi connectivity index (χ2n) is 6.33. The van der Waals surface area contributed by atoms with Crippen molar-refractivity contribution >= 4 is 33.2 Å². The molecule has 3 heterocycles. The summed E-state index contributed by atoms with van der Waals surface area (Å²) in [5.74, 6) is 1.66. The van der Waals surface area contributed by atoms with E-state index >= 15 is 0 Å². The van der Waals surface area contributed by atoms with E-state index in [9.17, 15) is 0 Å². The van der Waals surface area contributed by atoms with Crippen LogP contribution in [0.2, 0.25) is 5.02 Å². The lowest BCUT2D eigenvalue weighted by Crippen LogP contribution is -2.33. The summed E-state index contributed by atoms with van der Waals surface area (Å²) in [5.41, 5.74) is 3.01. The molecule has 2 aromatic carbocycles. The minimum atomic E-state index is -0.333. The van der Waals surface area contributed by atoms with Gasteiger partial charge in [-0.15, -0.1) is 0 Å². The summed E-state index contributed by atoms with van der Waals surface area (Å²) in [5, 5.41) is 7.53. The van der Waals surface area contributed by atoms with Gasteiger partial charge in [-0.25, -0.2) is 5.01 Å². The molecule has 5 rings (SSSR count). The van der Waals surface area contributed by atoms with Crippen LogP contribution in [0.1, 0.15) is 35.6 Å². The second-order valence-corrected chi connectivity index (χ2v) is 7.68. The molecule has 0 aliphatic carbocycles. The molecule has 0 spiro atoms. The van der Waals surface area contributed by atoms with Gasteiger partial charge in [0.05, 0.1) is 12.3 Å². The van der Waals surface area contributed by atoms with Gasteiger partial charge >= 0.3 is 0 Å². The maximum Gasteiger partial charge on any atom is 0.213 e. The Labute approximate surface area is 164 Å². The van der Waals surface area contributed by atoms with Crippen LogP contribution in [0.25, 0.3) is 0 Å². The molecule has 0 radical (unpaired) electrons. The molecular formula is C20H14BrClN2O2. The summed E-state index contributed by atoms with van der Waals surface area (Å²) >= 11 is 9.77. The molecule has 4 nitrogen and oxygen atoms in total. The Hall–Kier alpha value is -2.24. The molecule has 26 heavy (non-hydrogen) atoms. The van der Waals surface area contributed by atoms with E-state index in [-0.39, 0.29) is 12.3 Å². The molecule has 6 heteroatoms. The molecule has 2 unspecified atom stereocenters. The molecule has 0 bridgehead atoms. The minimum Gasteiger partial charge on any atom is -0.464 e. The lowest BCUT2D eigenvalue weighted by atomic mass is 9.97. The molecule has 0 saturated heterocycles. The van der Waals surface area contributed by atoms with Gasteiger partial charge in [-0.3, -0.25) is 0 Å². The Bertz CT molecular complexity index is 1000. The molecule has 0 fully saturated rings. The average Bonchev–Trinajstić information content (AvgIpc) is 3.31. The van der Waals surface area contributed by atoms with Gasteiger partial charge in [-0.05, 0) is 42.5 Å². The van der Waals surface area contributed by atoms with Crippen molar-refractivity contribution in [2.45, 2.75) is 18.7 Å². The van der Waals surface area contributed by atoms with Crippen molar-refractivity contribution in [3.8, 4) is 5.75 Å². The van der Waals surface area contributed by atoms with Crippen LogP contribution >= 0.6 is 27.5 Å². The predicted octanol–water partition coefficient (Wildman–Crippen LogP) is 5.94. The number of rotatable bonds is 2. The summed E-state index contributed by atoms with van der Waals surface area (Å²) in [7, 11) is 0. The maximum atomic E-state index is 6.32. The fourth-order valence-electron chi connectivity index (χ4n) is 3.53. The van der Waals surface area contributed by atoms with Crippen LogP contribution in [0.15, 0.2) is 74.9 Å². The molecule has 130 valence electrons. The zero-order chi connectivity index (χ0) is 17.7. The highest BCUT2D eigenvalue weighted by molar-refractivity contribution is 9.10. The van der Waals surface area contributed by atoms with E-state index in [2.05, 4.69) is 22.0 Å². The minimum absolute atomic E-state index is 0.0836. The van der Waals surface area contributed by atoms with E-state index in [0.29, 0.717) is 5.02 Å². The van der Waals surface area contributed by atoms with Gasteiger partial charge in [0, 0.05) is 27.0 Å². The highest BCUT2D eigenvalue weighted by atomic mass is 79.9. The summed E-state index contributed by atoms with van der Waals surface area (Å²) in [6, 6.07) is 17.7. The van der Waals surface area contributed by atoms with E-state index in [1.165, 1.54) is 0 Å². The van der Waals surface area contributed by atoms with Crippen LogP contribution in [-0.4, -0.2) is 10.7 Å². The fraction of sp³-hybridized carbons (Fsp3) is 0.150. The number of hydrogen-bond donors (Lipinski definition) is 0. The van der Waals surface area contributed by atoms with E-state index in [1.54, 1.807) is 6.26 Å². The zero-order valence-electron chi connectivity index (χ0n) is 13.6. The normalized spacial score (nSPS) is 21.0. The van der Waals surface area contributed by atoms with Gasteiger partial charge < -0.3 is 9.15 Å². The molecule has 1 aromatic heterocycles. The van der Waals surface area contributed by atoms with Crippen molar-refractivity contribution in [1.82, 2.24) is 5.01 Å². The Morgan fingerprint density at radius 2 is 2.04 bits per heavy atom. The van der Waals surface area contributed by atoms with Crippen LogP contribution in [0, 0.1) is 0 Å². The summed E-state index contributed by atoms with van der Waals surface area (Å²) in [4.78, 5) is 0. The third kappa shape index (κ3) is 2.63. The summed E-state index contributed by atoms with van der Waals surface area (Å²) in [6.07, 6.45) is 2.10. The van der Waals surface area contributed by atoms with Crippen LogP contribution in [0.5, 0.6) is 5.75 Å². The van der Waals surface area contributed by atoms with E-state index in [4.69, 9.17) is 25.9 Å². The number of benzene rings is 2. The Morgan fingerprint density at radius 3 is 2.85 bits per heavy atom. The highest BCUT2D eigenvalue weighted by Crippen LogP contribution is 2.48. The third-order valence-corrected chi connectivity index (χ3v) is 5.42. The van der Waals surface area contributed by atoms with Crippen molar-refractivity contribution in [3.05, 3.63) is 87.2 Å². The number of furan rings is 1. The first-order chi connectivity index (χ1) is 12.7. The molecule has 2 atom stereocenters. The van der Waals surface area contributed by atoms with Crippen LogP contribution in [0.3, 0.4) is 0 Å². The Kier molecular flexibility index (Phi) is 3.80. The first kappa shape index (κ1) is 16.0. The monoisotopic (exact) mass is 428 g/mol. The van der Waals surface area contributed by atoms with E-state index in [1.807, 2.05) is 53.5 Å². The molecule has 3 aromatic rings. The van der Waals surface area contributed by atoms with Gasteiger partial charge in [0.2, 0.25) is 6.23 Å². The molecule has 0 N–H and O–H groups in total. The first-order valence-corrected chi connectivity index (χ1v) is 9.47. The Balaban J connectivity index is 1.63. The van der Waals surface area contributed by atoms with Crippen molar-refractivity contribution in [2.24, 2.45) is 5.10 Å². The second kappa shape index (κ2) is 6.18. The fourth-order valence-corrected chi connectivity index (χ4v) is 4.11. The van der Waals surface area contributed by atoms with Crippen molar-refractivity contribution < 1.29 is 9.15 Å². The van der Waals surface area contributed by atoms with Gasteiger partial charge in [0.25, 0.3) is 0 Å². The topological polar surface area (TPSA) is 38.0 Å². The van der Waals surface area contributed by atoms with Crippen molar-refractivity contribution in [2.75, 3.05) is 0 Å². The quantitative estimate of drug-likeness (QED) is 0.506. The molecule has 2 aliphatic rings. The van der Waals surface area contributed by atoms with E-state index in [0.717, 1.165) is 39.2 Å². The summed E-state index contributed by atoms with van der Waals surface area (Å²) in [6.45, 7) is 0. The number of halogens is 2. The smallest absolute Gasteiger partial charge is 0.213 e. The van der Waals surface area contributed by atoms with Crippen molar-refractivity contribution in [1.29, 1.82) is 0 Å². The highest BCUT2D eigenvalue weighted by Gasteiger charge is 2.41. The number of nitrogens with zero attached hydrogens (tertiary/aromatic N) is 2. The van der Waals surface area contributed by atoms with Crippen LogP contribution in [0.4, 0.5) is 0 Å². The van der Waals surface area contributed by atoms with Gasteiger partial charge in [0.15, 0.2) is 0 Å². The van der Waals surface area contributed by atoms with Crippen LogP contribution in [-0.2, 0) is 0 Å². The number of fused-ring (bicyclic) bond motifs is 3. The number of ether oxygens (including phenoxy) is 1. The summed E-state index contributed by atoms with van der Waals surface area (Å²) < 4.78 is 12.9. The SMILES string of the molecule is Clc1cccc(C2Oc3ccc(Br)cc3C3CC(c4ccco4)=NN32)c1. The predicted molar refractivity (Wildman–Crippen MR) is 103 cm³/mol. The van der Waals surface area contributed by atoms with Gasteiger partial charge in [0.1, 0.15) is 17.2 Å². The third-order valence-electron chi connectivity index (χ3n) is 4.69. The first-order valence-electron chi connectivity index (χ1n) is 8.30. The van der Waals surface area contributed by atoms with Crippen LogP contribution < -0.4 is 4.74 Å². The molecule has 2 aliphatic heterocycles. The van der Waals surface area contributed by atoms with Crippen molar-refractivity contribution in [3.63, 3.8) is 0 Å². The standard InChI is InChI=1S/C20H14BrClN2O2/c21-13-6-7-18-15(10-13)17-11-16(19-5-2-8-25-19)23-24(17)20(26-18)12-3-1-4-14(22)9-12/h1-10,17,20H,11H2. The Morgan fingerprint density at radius 1 is 1.12 bits per heavy atom. The molecule has 0 saturated carbocycles. The van der Waals surface area contributed by atoms with Gasteiger partial charge in [-0.1, -0.05) is 39.7 Å². The number of hydrazone groups is 1.